The molecule has 0 radical (unpaired) electrons. The molecule has 0 aromatic rings. The molecule has 0 spiro atoms. The zero-order valence-electron chi connectivity index (χ0n) is 56.5. The van der Waals surface area contributed by atoms with E-state index in [1.54, 1.807) is 0 Å². The summed E-state index contributed by atoms with van der Waals surface area (Å²) < 4.78 is 102. The minimum Gasteiger partial charge on any atom is -0.394 e. The average molecular weight is 1590 g/mol. The maximum absolute atomic E-state index is 12.5. The molecule has 0 aliphatic carbocycles. The molecule has 9 heterocycles. The fraction of sp³-hybridized carbons (Fsp3) is 0.983. The van der Waals surface area contributed by atoms with Crippen LogP contribution in [0.15, 0.2) is 0 Å². The van der Waals surface area contributed by atoms with Crippen LogP contribution in [-0.4, -0.2) is 445 Å². The summed E-state index contributed by atoms with van der Waals surface area (Å²) >= 11 is 3.04. The Kier molecular flexibility index (Phi) is 31.3. The van der Waals surface area contributed by atoms with Crippen LogP contribution in [0.2, 0.25) is 0 Å². The van der Waals surface area contributed by atoms with Crippen LogP contribution in [0, 0.1) is 23.7 Å². The lowest BCUT2D eigenvalue weighted by Gasteiger charge is -2.51. The predicted molar refractivity (Wildman–Crippen MR) is 329 cm³/mol. The maximum Gasteiger partial charge on any atom is 0.232 e. The number of aliphatic hydroxyl groups excluding tert-OH is 24. The Morgan fingerprint density at radius 3 is 0.933 bits per heavy atom. The minimum absolute atomic E-state index is 0.127. The van der Waals surface area contributed by atoms with E-state index in [4.69, 9.17) is 80.5 Å². The van der Waals surface area contributed by atoms with E-state index in [1.807, 2.05) is 0 Å². The van der Waals surface area contributed by atoms with Crippen LogP contribution in [0.4, 0.5) is 0 Å². The van der Waals surface area contributed by atoms with E-state index in [1.165, 1.54) is 27.7 Å². The molecule has 9 aliphatic rings. The summed E-state index contributed by atoms with van der Waals surface area (Å²) in [5, 5.41) is 266. The highest BCUT2D eigenvalue weighted by Crippen LogP contribution is 2.42. The highest BCUT2D eigenvalue weighted by molar-refractivity contribution is 9.09. The van der Waals surface area contributed by atoms with Gasteiger partial charge in [0.25, 0.3) is 0 Å². The summed E-state index contributed by atoms with van der Waals surface area (Å²) in [6, 6.07) is 0. The number of hydrogen-bond acceptors (Lipinski definition) is 42. The van der Waals surface area contributed by atoms with Gasteiger partial charge in [-0.15, -0.1) is 0 Å². The number of rotatable bonds is 27. The lowest BCUT2D eigenvalue weighted by Crippen LogP contribution is -2.68. The van der Waals surface area contributed by atoms with Gasteiger partial charge < -0.3 is 208 Å². The smallest absolute Gasteiger partial charge is 0.232 e. The lowest BCUT2D eigenvalue weighted by atomic mass is 9.89. The van der Waals surface area contributed by atoms with Crippen LogP contribution < -0.4 is 5.32 Å². The maximum atomic E-state index is 12.5. The first-order chi connectivity index (χ1) is 49.4. The number of carbonyl (C=O) groups is 1. The second kappa shape index (κ2) is 37.8. The van der Waals surface area contributed by atoms with Crippen molar-refractivity contribution < 1.29 is 208 Å². The van der Waals surface area contributed by atoms with Crippen LogP contribution in [0.5, 0.6) is 0 Å². The number of halogens is 1. The van der Waals surface area contributed by atoms with Crippen molar-refractivity contribution in [3.63, 3.8) is 0 Å². The Morgan fingerprint density at radius 1 is 0.279 bits per heavy atom. The molecule has 25 unspecified atom stereocenters. The van der Waals surface area contributed by atoms with E-state index in [9.17, 15) is 127 Å². The Labute approximate surface area is 601 Å². The second-order valence-corrected chi connectivity index (χ2v) is 28.0. The van der Waals surface area contributed by atoms with Crippen LogP contribution in [-0.2, 0) is 85.3 Å². The van der Waals surface area contributed by atoms with Gasteiger partial charge in [0.1, 0.15) is 177 Å². The minimum atomic E-state index is -2.36. The molecule has 104 heavy (non-hydrogen) atoms. The van der Waals surface area contributed by atoms with Crippen molar-refractivity contribution in [3.8, 4) is 0 Å². The zero-order valence-corrected chi connectivity index (χ0v) is 58.1. The summed E-state index contributed by atoms with van der Waals surface area (Å²) in [5.74, 6) is -5.24. The van der Waals surface area contributed by atoms with E-state index >= 15 is 0 Å². The molecule has 9 rings (SSSR count). The highest BCUT2D eigenvalue weighted by Gasteiger charge is 2.60. The van der Waals surface area contributed by atoms with Crippen LogP contribution in [0.1, 0.15) is 27.7 Å². The Bertz CT molecular complexity index is 2600. The second-order valence-electron chi connectivity index (χ2n) is 27.4. The van der Waals surface area contributed by atoms with Gasteiger partial charge in [0.05, 0.1) is 89.2 Å². The lowest BCUT2D eigenvalue weighted by molar-refractivity contribution is -0.402. The van der Waals surface area contributed by atoms with Crippen molar-refractivity contribution in [1.82, 2.24) is 5.32 Å². The monoisotopic (exact) mass is 1590 g/mol. The summed E-state index contributed by atoms with van der Waals surface area (Å²) in [5.41, 5.74) is 0. The van der Waals surface area contributed by atoms with Gasteiger partial charge in [0.2, 0.25) is 5.91 Å². The Hall–Kier alpha value is -1.69. The standard InChI is InChI=1S/C60H102BrNO42/c1-15-29(72)45(23(10-67)89-52(15)62-28(71)5-61)98-53-16(2)30(73)48(26(13-70)94-53)101-58-44(87)49(102-60-51(41(84)36(79)22(9-66)93-60)104-55-18(4)32(75)47(25(12-69)96-55)100-57-43(86)39(82)34(77)20(7-64)91-57)37(80)27(97-58)14-88-59-50(40(83)35(78)21(8-65)92-59)103-54-17(3)31(74)46(24(11-68)95-54)99-56-42(85)38(81)33(76)19(6-63)90-56/h15-27,29-60,63-70,72-87H,5-14H2,1-4H3,(H,62,71)/t15?,16?,17?,18?,19?,20?,21?,22-,23?,24?,25?,26?,27?,29-,30-,31?,32-,33?,34+,35?,36-,37?,38+,39+,40+,41?,42?,43?,44?,45?,46-,47?,48?,49+,50?,51?,52-,53+,54+,55+,56+,57+,58+,59+,60-/m1/s1. The van der Waals surface area contributed by atoms with E-state index < -0.39 is 341 Å². The summed E-state index contributed by atoms with van der Waals surface area (Å²) in [6.07, 6.45) is -74.8. The Balaban J connectivity index is 0.987. The molecular weight excluding hydrogens is 1490 g/mol. The molecule has 0 saturated carbocycles. The predicted octanol–water partition coefficient (Wildman–Crippen LogP) is -15.0. The van der Waals surface area contributed by atoms with Gasteiger partial charge in [0, 0.05) is 23.7 Å². The normalized spacial score (nSPS) is 52.0. The SMILES string of the molecule is CC1C(O)[C@H](O[C@@H]2OC(CO)C(O)[C@H](O)C2O)C(CO)O[C@H]1OC1[C@@H](OCC2O[C@@H](OC3C(CO)O[C@@H](OC4C(CO)O[C@@H](NC(=O)CBr)C(C)[C@H]4O)C(C)[C@H]3O)C(O)[C@@H](O[C@H]3O[C@H](CO)[C@@H](O)C(O)C3O[C@@H]3OC(CO)C(O[C@@H]4OC(CO)[C@H](O)[C@H](O)C4O)[C@H](O)C3C)C2O)OC(CO)C(O)[C@@H]1O. The quantitative estimate of drug-likeness (QED) is 0.0340. The molecule has 1 amide bonds. The molecule has 606 valence electrons. The van der Waals surface area contributed by atoms with Crippen molar-refractivity contribution >= 4 is 21.8 Å². The first-order valence-corrected chi connectivity index (χ1v) is 35.2. The first kappa shape index (κ1) is 86.3. The van der Waals surface area contributed by atoms with E-state index in [2.05, 4.69) is 21.2 Å². The third kappa shape index (κ3) is 18.2. The molecule has 0 aromatic carbocycles. The fourth-order valence-electron chi connectivity index (χ4n) is 13.9. The molecule has 9 saturated heterocycles. The number of carbonyl (C=O) groups excluding carboxylic acids is 1. The summed E-state index contributed by atoms with van der Waals surface area (Å²) in [7, 11) is 0. The van der Waals surface area contributed by atoms with Crippen molar-refractivity contribution in [3.05, 3.63) is 0 Å². The van der Waals surface area contributed by atoms with E-state index in [0.717, 1.165) is 0 Å². The molecule has 25 N–H and O–H groups in total. The number of hydrogen-bond donors (Lipinski definition) is 25. The number of ether oxygens (including phenoxy) is 17. The van der Waals surface area contributed by atoms with Crippen LogP contribution in [0.3, 0.4) is 0 Å². The number of amides is 1. The zero-order chi connectivity index (χ0) is 76.4. The van der Waals surface area contributed by atoms with Gasteiger partial charge in [-0.3, -0.25) is 4.79 Å². The topological polar surface area (TPSA) is 672 Å². The third-order valence-electron chi connectivity index (χ3n) is 20.6. The highest BCUT2D eigenvalue weighted by atomic mass is 79.9. The molecule has 0 bridgehead atoms. The molecule has 9 aliphatic heterocycles. The molecule has 0 aromatic heterocycles. The van der Waals surface area contributed by atoms with E-state index in [-0.39, 0.29) is 5.33 Å². The van der Waals surface area contributed by atoms with Gasteiger partial charge in [-0.1, -0.05) is 43.6 Å². The van der Waals surface area contributed by atoms with Crippen molar-refractivity contribution in [2.24, 2.45) is 23.7 Å². The van der Waals surface area contributed by atoms with Gasteiger partial charge in [-0.05, 0) is 0 Å². The average Bonchev–Trinajstić information content (AvgIpc) is 0.785. The number of nitrogens with one attached hydrogen (secondary N) is 1. The van der Waals surface area contributed by atoms with Crippen LogP contribution in [0.25, 0.3) is 0 Å². The van der Waals surface area contributed by atoms with Crippen LogP contribution >= 0.6 is 15.9 Å². The van der Waals surface area contributed by atoms with Gasteiger partial charge >= 0.3 is 0 Å². The van der Waals surface area contributed by atoms with Gasteiger partial charge in [0.15, 0.2) is 50.3 Å². The summed E-state index contributed by atoms with van der Waals surface area (Å²) in [6.45, 7) is -2.98. The van der Waals surface area contributed by atoms with E-state index in [0.29, 0.717) is 0 Å². The molecule has 43 nitrogen and oxygen atoms in total. The number of aliphatic hydroxyl groups is 24. The first-order valence-electron chi connectivity index (χ1n) is 34.1. The van der Waals surface area contributed by atoms with Crippen molar-refractivity contribution in [2.75, 3.05) is 64.8 Å². The largest absolute Gasteiger partial charge is 0.394 e. The fourth-order valence-corrected chi connectivity index (χ4v) is 14.1. The summed E-state index contributed by atoms with van der Waals surface area (Å²) in [4.78, 5) is 12.3. The molecule has 45 atom stereocenters. The third-order valence-corrected chi connectivity index (χ3v) is 21.1. The Morgan fingerprint density at radius 2 is 0.558 bits per heavy atom. The van der Waals surface area contributed by atoms with Crippen molar-refractivity contribution in [2.45, 2.75) is 280 Å². The molecule has 9 fully saturated rings. The van der Waals surface area contributed by atoms with Crippen molar-refractivity contribution in [1.29, 1.82) is 0 Å². The van der Waals surface area contributed by atoms with Gasteiger partial charge in [-0.2, -0.15) is 0 Å². The number of alkyl halides is 1. The van der Waals surface area contributed by atoms with Gasteiger partial charge in [-0.25, -0.2) is 0 Å². The molecule has 44 heteroatoms. The molecular formula is C60H102BrNO42.